The van der Waals surface area contributed by atoms with Crippen molar-refractivity contribution in [3.63, 3.8) is 0 Å². The summed E-state index contributed by atoms with van der Waals surface area (Å²) < 4.78 is 47.9. The number of allylic oxidation sites excluding steroid dienone is 2. The van der Waals surface area contributed by atoms with Crippen LogP contribution in [0.5, 0.6) is 5.75 Å². The lowest BCUT2D eigenvalue weighted by Gasteiger charge is -2.51. The van der Waals surface area contributed by atoms with E-state index in [0.29, 0.717) is 42.7 Å². The third kappa shape index (κ3) is 9.02. The first kappa shape index (κ1) is 50.1. The number of carboxylic acids is 1. The van der Waals surface area contributed by atoms with E-state index < -0.39 is 120 Å². The summed E-state index contributed by atoms with van der Waals surface area (Å²) in [5, 5.41) is 56.2. The molecule has 372 valence electrons. The van der Waals surface area contributed by atoms with Gasteiger partial charge in [0.15, 0.2) is 23.9 Å². The van der Waals surface area contributed by atoms with Gasteiger partial charge < -0.3 is 63.4 Å². The molecule has 4 aliphatic heterocycles. The monoisotopic (exact) mass is 970 g/mol. The van der Waals surface area contributed by atoms with E-state index in [0.717, 1.165) is 12.8 Å². The molecule has 2 saturated heterocycles. The van der Waals surface area contributed by atoms with Crippen LogP contribution in [0.25, 0.3) is 0 Å². The summed E-state index contributed by atoms with van der Waals surface area (Å²) in [6.45, 7) is 8.39. The molecule has 17 atom stereocenters. The van der Waals surface area contributed by atoms with Gasteiger partial charge in [-0.05, 0) is 95.2 Å². The second kappa shape index (κ2) is 19.8. The Morgan fingerprint density at radius 2 is 1.66 bits per heavy atom. The molecule has 2 bridgehead atoms. The smallest absolute Gasteiger partial charge is 0.379 e. The number of hydrogen-bond donors (Lipinski definition) is 5. The van der Waals surface area contributed by atoms with Crippen LogP contribution in [0.1, 0.15) is 101 Å². The van der Waals surface area contributed by atoms with Crippen molar-refractivity contribution in [3.05, 3.63) is 75.8 Å². The molecular weight excluding hydrogens is 908 g/mol. The number of hydrogen-bond acceptors (Lipinski definition) is 16. The van der Waals surface area contributed by atoms with Crippen LogP contribution in [0.3, 0.4) is 0 Å². The second-order valence-corrected chi connectivity index (χ2v) is 20.1. The first-order valence-corrected chi connectivity index (χ1v) is 24.1. The predicted molar refractivity (Wildman–Crippen MR) is 240 cm³/mol. The number of aliphatic carboxylic acids is 1. The topological polar surface area (TPSA) is 243 Å². The van der Waals surface area contributed by atoms with Crippen molar-refractivity contribution in [2.24, 2.45) is 35.0 Å². The maximum atomic E-state index is 14.8. The standard InChI is InChI=1S/C50H63ClO17/c1-23-22-50-28(20-30(23)44(56)57)13-10-8-7-9-12-27-16-17-29-31(49(27,5)48(60)67-42(43(50)55)46(59)68-50)14-11-15-33(29)65-47-40(54)39(53)41(26(4)63-47)66-36-21-35(38(52)25(3)62-36)64-45(58)37-24(2)32(51)18-19-34(37)61-6/h10,13,16-20,23,25-29,31,33,35-36,38-41,47,52-55H,7-9,11-12,14-15,21-22H2,1-6H3,(H,56,57). The van der Waals surface area contributed by atoms with Crippen molar-refractivity contribution in [1.82, 2.24) is 0 Å². The van der Waals surface area contributed by atoms with Gasteiger partial charge in [-0.1, -0.05) is 61.7 Å². The molecule has 18 heteroatoms. The first-order chi connectivity index (χ1) is 32.3. The Labute approximate surface area is 400 Å². The van der Waals surface area contributed by atoms with E-state index in [1.54, 1.807) is 45.9 Å². The van der Waals surface area contributed by atoms with Gasteiger partial charge in [-0.2, -0.15) is 0 Å². The summed E-state index contributed by atoms with van der Waals surface area (Å²) in [6.07, 6.45) is 2.29. The fraction of sp³-hybridized carbons (Fsp3) is 0.640. The SMILES string of the molecule is COc1ccc(Cl)c(C)c1C(=O)OC1CC(OC2C(C)OC(OC3CCCC4C3C=CC3CCCCC=CC5C=C(C(=O)O)C(C)CC56OC(=O)C(=C6O)OC(=O)C34C)C(O)C2O)OC(C)C1O. The van der Waals surface area contributed by atoms with Crippen LogP contribution in [0, 0.1) is 41.9 Å². The highest BCUT2D eigenvalue weighted by Crippen LogP contribution is 2.55. The largest absolute Gasteiger partial charge is 0.505 e. The van der Waals surface area contributed by atoms with Gasteiger partial charge in [-0.3, -0.25) is 4.79 Å². The van der Waals surface area contributed by atoms with Crippen molar-refractivity contribution in [2.45, 2.75) is 159 Å². The van der Waals surface area contributed by atoms with E-state index in [9.17, 15) is 44.7 Å². The first-order valence-electron chi connectivity index (χ1n) is 23.7. The summed E-state index contributed by atoms with van der Waals surface area (Å²) in [5.74, 6) is -6.97. The molecule has 0 aromatic heterocycles. The maximum Gasteiger partial charge on any atom is 0.379 e. The number of aliphatic hydroxyl groups excluding tert-OH is 4. The highest BCUT2D eigenvalue weighted by molar-refractivity contribution is 6.32. The number of fused-ring (bicyclic) bond motifs is 3. The van der Waals surface area contributed by atoms with E-state index >= 15 is 0 Å². The number of methoxy groups -OCH3 is 1. The Morgan fingerprint density at radius 3 is 2.40 bits per heavy atom. The Kier molecular flexibility index (Phi) is 14.6. The molecule has 7 aliphatic rings. The van der Waals surface area contributed by atoms with Crippen molar-refractivity contribution < 1.29 is 82.6 Å². The molecule has 1 aromatic carbocycles. The van der Waals surface area contributed by atoms with E-state index in [2.05, 4.69) is 0 Å². The predicted octanol–water partition coefficient (Wildman–Crippen LogP) is 5.93. The van der Waals surface area contributed by atoms with Gasteiger partial charge in [0.1, 0.15) is 41.8 Å². The number of ether oxygens (including phenoxy) is 8. The van der Waals surface area contributed by atoms with Crippen molar-refractivity contribution >= 4 is 35.5 Å². The fourth-order valence-electron chi connectivity index (χ4n) is 11.6. The molecule has 3 fully saturated rings. The van der Waals surface area contributed by atoms with E-state index in [-0.39, 0.29) is 47.5 Å². The van der Waals surface area contributed by atoms with Crippen LogP contribution in [0.15, 0.2) is 59.6 Å². The molecule has 4 heterocycles. The Hall–Kier alpha value is -4.33. The zero-order chi connectivity index (χ0) is 49.0. The van der Waals surface area contributed by atoms with Crippen molar-refractivity contribution in [1.29, 1.82) is 0 Å². The Balaban J connectivity index is 0.968. The summed E-state index contributed by atoms with van der Waals surface area (Å²) in [4.78, 5) is 54.0. The summed E-state index contributed by atoms with van der Waals surface area (Å²) in [7, 11) is 1.41. The number of carboxylic acid groups (broad SMARTS) is 1. The molecule has 17 nitrogen and oxygen atoms in total. The van der Waals surface area contributed by atoms with Crippen LogP contribution in [-0.4, -0.2) is 124 Å². The molecule has 1 spiro atoms. The van der Waals surface area contributed by atoms with Crippen LogP contribution < -0.4 is 4.74 Å². The highest BCUT2D eigenvalue weighted by Gasteiger charge is 2.60. The zero-order valence-corrected chi connectivity index (χ0v) is 39.8. The average Bonchev–Trinajstić information content (AvgIpc) is 3.52. The normalized spacial score (nSPS) is 40.7. The van der Waals surface area contributed by atoms with Crippen LogP contribution in [-0.2, 0) is 47.5 Å². The fourth-order valence-corrected chi connectivity index (χ4v) is 11.8. The summed E-state index contributed by atoms with van der Waals surface area (Å²) >= 11 is 6.29. The Bertz CT molecular complexity index is 2260. The summed E-state index contributed by atoms with van der Waals surface area (Å²) in [6, 6.07) is 3.14. The molecule has 0 amide bonds. The molecule has 17 unspecified atom stereocenters. The quantitative estimate of drug-likeness (QED) is 0.115. The third-order valence-electron chi connectivity index (χ3n) is 15.6. The van der Waals surface area contributed by atoms with Gasteiger partial charge in [0.05, 0.1) is 30.8 Å². The van der Waals surface area contributed by atoms with E-state index in [1.807, 2.05) is 25.2 Å². The Morgan fingerprint density at radius 1 is 0.897 bits per heavy atom. The van der Waals surface area contributed by atoms with E-state index in [1.165, 1.54) is 13.2 Å². The van der Waals surface area contributed by atoms with Crippen LogP contribution in [0.4, 0.5) is 0 Å². The maximum absolute atomic E-state index is 14.8. The molecule has 68 heavy (non-hydrogen) atoms. The number of esters is 3. The van der Waals surface area contributed by atoms with Crippen molar-refractivity contribution in [2.75, 3.05) is 7.11 Å². The lowest BCUT2D eigenvalue weighted by Crippen LogP contribution is -2.61. The van der Waals surface area contributed by atoms with Crippen LogP contribution >= 0.6 is 11.6 Å². The molecule has 3 aliphatic carbocycles. The molecule has 5 N–H and O–H groups in total. The number of halogens is 1. The number of aliphatic hydroxyl groups is 4. The number of benzene rings is 1. The minimum Gasteiger partial charge on any atom is -0.505 e. The second-order valence-electron chi connectivity index (χ2n) is 19.7. The molecular formula is C50H63ClO17. The van der Waals surface area contributed by atoms with Gasteiger partial charge in [-0.15, -0.1) is 0 Å². The van der Waals surface area contributed by atoms with Crippen molar-refractivity contribution in [3.8, 4) is 5.75 Å². The lowest BCUT2D eigenvalue weighted by molar-refractivity contribution is -0.343. The molecule has 0 radical (unpaired) electrons. The number of rotatable bonds is 8. The van der Waals surface area contributed by atoms with Gasteiger partial charge in [0, 0.05) is 35.3 Å². The minimum absolute atomic E-state index is 0.0304. The zero-order valence-electron chi connectivity index (χ0n) is 39.1. The van der Waals surface area contributed by atoms with E-state index in [4.69, 9.17) is 49.5 Å². The van der Waals surface area contributed by atoms with Crippen LogP contribution in [0.2, 0.25) is 5.02 Å². The summed E-state index contributed by atoms with van der Waals surface area (Å²) in [5.41, 5.74) is -2.17. The average molecular weight is 971 g/mol. The number of carbonyl (C=O) groups excluding carboxylic acids is 3. The van der Waals surface area contributed by atoms with Gasteiger partial charge in [-0.25, -0.2) is 14.4 Å². The van der Waals surface area contributed by atoms with Gasteiger partial charge >= 0.3 is 23.9 Å². The molecule has 1 saturated carbocycles. The third-order valence-corrected chi connectivity index (χ3v) is 16.0. The minimum atomic E-state index is -1.65. The number of carbonyl (C=O) groups is 4. The van der Waals surface area contributed by atoms with Gasteiger partial charge in [0.2, 0.25) is 0 Å². The highest BCUT2D eigenvalue weighted by atomic mass is 35.5. The van der Waals surface area contributed by atoms with Gasteiger partial charge in [0.25, 0.3) is 5.76 Å². The molecule has 8 rings (SSSR count). The lowest BCUT2D eigenvalue weighted by atomic mass is 9.55. The molecule has 1 aromatic rings.